The zero-order chi connectivity index (χ0) is 16.1. The number of rotatable bonds is 5. The largest absolute Gasteiger partial charge is 0.481 e. The van der Waals surface area contributed by atoms with Crippen LogP contribution in [-0.4, -0.2) is 42.0 Å². The van der Waals surface area contributed by atoms with Crippen LogP contribution in [0.4, 0.5) is 0 Å². The van der Waals surface area contributed by atoms with E-state index in [4.69, 9.17) is 4.74 Å². The highest BCUT2D eigenvalue weighted by molar-refractivity contribution is 7.09. The minimum absolute atomic E-state index is 0.0614. The van der Waals surface area contributed by atoms with E-state index in [9.17, 15) is 4.79 Å². The molecule has 23 heavy (non-hydrogen) atoms. The second-order valence-electron chi connectivity index (χ2n) is 5.71. The summed E-state index contributed by atoms with van der Waals surface area (Å²) in [5.41, 5.74) is 0.590. The third-order valence-corrected chi connectivity index (χ3v) is 4.87. The number of amides is 1. The Bertz CT molecular complexity index is 645. The molecule has 0 radical (unpaired) electrons. The predicted octanol–water partition coefficient (Wildman–Crippen LogP) is 2.55. The number of thiophene rings is 1. The van der Waals surface area contributed by atoms with Gasteiger partial charge in [-0.2, -0.15) is 0 Å². The molecule has 2 aromatic rings. The van der Waals surface area contributed by atoms with Crippen molar-refractivity contribution >= 4 is 17.2 Å². The number of nitrogens with zero attached hydrogens (tertiary/aromatic N) is 2. The van der Waals surface area contributed by atoms with Gasteiger partial charge in [-0.15, -0.1) is 11.3 Å². The Morgan fingerprint density at radius 3 is 3.22 bits per heavy atom. The predicted molar refractivity (Wildman–Crippen MR) is 90.9 cm³/mol. The van der Waals surface area contributed by atoms with E-state index in [-0.39, 0.29) is 11.9 Å². The van der Waals surface area contributed by atoms with Gasteiger partial charge >= 0.3 is 0 Å². The van der Waals surface area contributed by atoms with Crippen LogP contribution in [0.1, 0.15) is 28.1 Å². The van der Waals surface area contributed by atoms with E-state index in [2.05, 4.69) is 32.7 Å². The molecule has 122 valence electrons. The lowest BCUT2D eigenvalue weighted by atomic mass is 10.0. The van der Waals surface area contributed by atoms with E-state index in [0.717, 1.165) is 32.5 Å². The smallest absolute Gasteiger partial charge is 0.251 e. The number of aromatic nitrogens is 1. The van der Waals surface area contributed by atoms with Crippen LogP contribution in [0.25, 0.3) is 0 Å². The molecule has 2 aromatic heterocycles. The van der Waals surface area contributed by atoms with Crippen LogP contribution in [0.5, 0.6) is 5.88 Å². The van der Waals surface area contributed by atoms with Crippen LogP contribution in [0.3, 0.4) is 0 Å². The van der Waals surface area contributed by atoms with E-state index < -0.39 is 0 Å². The third-order valence-electron chi connectivity index (χ3n) is 4.01. The van der Waals surface area contributed by atoms with Gasteiger partial charge in [0.1, 0.15) is 0 Å². The normalized spacial score (nSPS) is 18.6. The maximum Gasteiger partial charge on any atom is 0.251 e. The monoisotopic (exact) mass is 331 g/mol. The minimum Gasteiger partial charge on any atom is -0.481 e. The first-order valence-corrected chi connectivity index (χ1v) is 8.68. The number of carbonyl (C=O) groups excluding carboxylic acids is 1. The van der Waals surface area contributed by atoms with Crippen LogP contribution in [0, 0.1) is 0 Å². The summed E-state index contributed by atoms with van der Waals surface area (Å²) in [5, 5.41) is 5.24. The summed E-state index contributed by atoms with van der Waals surface area (Å²) in [4.78, 5) is 20.2. The molecule has 0 spiro atoms. The molecule has 1 atom stereocenters. The molecule has 0 bridgehead atoms. The highest BCUT2D eigenvalue weighted by Crippen LogP contribution is 2.17. The summed E-state index contributed by atoms with van der Waals surface area (Å²) >= 11 is 1.78. The fraction of sp³-hybridized carbons (Fsp3) is 0.412. The van der Waals surface area contributed by atoms with Gasteiger partial charge in [-0.1, -0.05) is 6.07 Å². The van der Waals surface area contributed by atoms with Gasteiger partial charge in [0.2, 0.25) is 5.88 Å². The SMILES string of the molecule is COc1cc(C(=O)NC2CCCN(Cc3cccs3)C2)ccn1. The molecule has 1 saturated heterocycles. The summed E-state index contributed by atoms with van der Waals surface area (Å²) in [6, 6.07) is 7.82. The summed E-state index contributed by atoms with van der Waals surface area (Å²) in [7, 11) is 1.55. The quantitative estimate of drug-likeness (QED) is 0.915. The Balaban J connectivity index is 1.57. The van der Waals surface area contributed by atoms with Crippen LogP contribution in [-0.2, 0) is 6.54 Å². The Kier molecular flexibility index (Phi) is 5.25. The van der Waals surface area contributed by atoms with Gasteiger partial charge in [0.25, 0.3) is 5.91 Å². The molecule has 5 nitrogen and oxygen atoms in total. The lowest BCUT2D eigenvalue weighted by molar-refractivity contribution is 0.0900. The third kappa shape index (κ3) is 4.30. The molecule has 0 saturated carbocycles. The molecule has 0 aromatic carbocycles. The second kappa shape index (κ2) is 7.57. The van der Waals surface area contributed by atoms with Crippen molar-refractivity contribution in [2.45, 2.75) is 25.4 Å². The van der Waals surface area contributed by atoms with Crippen molar-refractivity contribution in [1.29, 1.82) is 0 Å². The van der Waals surface area contributed by atoms with E-state index in [1.807, 2.05) is 0 Å². The van der Waals surface area contributed by atoms with Crippen molar-refractivity contribution in [3.05, 3.63) is 46.3 Å². The van der Waals surface area contributed by atoms with Gasteiger partial charge in [-0.05, 0) is 36.9 Å². The van der Waals surface area contributed by atoms with E-state index in [1.54, 1.807) is 36.8 Å². The number of pyridine rings is 1. The number of hydrogen-bond acceptors (Lipinski definition) is 5. The number of carbonyl (C=O) groups is 1. The van der Waals surface area contributed by atoms with Crippen molar-refractivity contribution in [2.75, 3.05) is 20.2 Å². The van der Waals surface area contributed by atoms with Gasteiger partial charge in [0.05, 0.1) is 7.11 Å². The lowest BCUT2D eigenvalue weighted by Crippen LogP contribution is -2.47. The number of ether oxygens (including phenoxy) is 1. The van der Waals surface area contributed by atoms with Crippen molar-refractivity contribution in [2.24, 2.45) is 0 Å². The molecular weight excluding hydrogens is 310 g/mol. The molecule has 0 aliphatic carbocycles. The Morgan fingerprint density at radius 2 is 2.43 bits per heavy atom. The number of methoxy groups -OCH3 is 1. The van der Waals surface area contributed by atoms with E-state index in [0.29, 0.717) is 11.4 Å². The fourth-order valence-corrected chi connectivity index (χ4v) is 3.62. The zero-order valence-corrected chi connectivity index (χ0v) is 14.0. The van der Waals surface area contributed by atoms with Crippen LogP contribution < -0.4 is 10.1 Å². The van der Waals surface area contributed by atoms with Gasteiger partial charge in [-0.25, -0.2) is 4.98 Å². The topological polar surface area (TPSA) is 54.5 Å². The fourth-order valence-electron chi connectivity index (χ4n) is 2.87. The first-order chi connectivity index (χ1) is 11.2. The molecule has 3 heterocycles. The Hall–Kier alpha value is -1.92. The average molecular weight is 331 g/mol. The highest BCUT2D eigenvalue weighted by atomic mass is 32.1. The van der Waals surface area contributed by atoms with Crippen LogP contribution >= 0.6 is 11.3 Å². The molecule has 6 heteroatoms. The molecule has 1 unspecified atom stereocenters. The number of likely N-dealkylation sites (tertiary alicyclic amines) is 1. The highest BCUT2D eigenvalue weighted by Gasteiger charge is 2.22. The van der Waals surface area contributed by atoms with Crippen LogP contribution in [0.2, 0.25) is 0 Å². The molecule has 3 rings (SSSR count). The first kappa shape index (κ1) is 16.0. The maximum atomic E-state index is 12.4. The molecule has 1 aliphatic rings. The summed E-state index contributed by atoms with van der Waals surface area (Å²) in [6.07, 6.45) is 3.72. The van der Waals surface area contributed by atoms with Gasteiger partial charge in [0, 0.05) is 41.8 Å². The van der Waals surface area contributed by atoms with Gasteiger partial charge in [-0.3, -0.25) is 9.69 Å². The standard InChI is InChI=1S/C17H21N3O2S/c1-22-16-10-13(6-7-18-16)17(21)19-14-4-2-8-20(11-14)12-15-5-3-9-23-15/h3,5-7,9-10,14H,2,4,8,11-12H2,1H3,(H,19,21). The minimum atomic E-state index is -0.0614. The van der Waals surface area contributed by atoms with Crippen molar-refractivity contribution in [3.8, 4) is 5.88 Å². The van der Waals surface area contributed by atoms with Gasteiger partial charge in [0.15, 0.2) is 0 Å². The summed E-state index contributed by atoms with van der Waals surface area (Å²) in [6.45, 7) is 2.95. The van der Waals surface area contributed by atoms with Crippen molar-refractivity contribution in [1.82, 2.24) is 15.2 Å². The summed E-state index contributed by atoms with van der Waals surface area (Å²) < 4.78 is 5.07. The van der Waals surface area contributed by atoms with Crippen molar-refractivity contribution in [3.63, 3.8) is 0 Å². The Labute approximate surface area is 140 Å². The second-order valence-corrected chi connectivity index (χ2v) is 6.75. The number of hydrogen-bond donors (Lipinski definition) is 1. The number of piperidine rings is 1. The molecule has 1 fully saturated rings. The first-order valence-electron chi connectivity index (χ1n) is 7.80. The van der Waals surface area contributed by atoms with Crippen LogP contribution in [0.15, 0.2) is 35.8 Å². The maximum absolute atomic E-state index is 12.4. The molecule has 1 amide bonds. The lowest BCUT2D eigenvalue weighted by Gasteiger charge is -2.32. The molecular formula is C17H21N3O2S. The average Bonchev–Trinajstić information content (AvgIpc) is 3.08. The van der Waals surface area contributed by atoms with Crippen molar-refractivity contribution < 1.29 is 9.53 Å². The Morgan fingerprint density at radius 1 is 1.52 bits per heavy atom. The van der Waals surface area contributed by atoms with Gasteiger partial charge < -0.3 is 10.1 Å². The van der Waals surface area contributed by atoms with E-state index >= 15 is 0 Å². The zero-order valence-electron chi connectivity index (χ0n) is 13.2. The molecule has 1 aliphatic heterocycles. The van der Waals surface area contributed by atoms with E-state index in [1.165, 1.54) is 4.88 Å². The summed E-state index contributed by atoms with van der Waals surface area (Å²) in [5.74, 6) is 0.397. The molecule has 1 N–H and O–H groups in total. The number of nitrogens with one attached hydrogen (secondary N) is 1.